The Balaban J connectivity index is 1.64. The van der Waals surface area contributed by atoms with Crippen LogP contribution in [0.1, 0.15) is 40.7 Å². The van der Waals surface area contributed by atoms with Gasteiger partial charge in [0.2, 0.25) is 0 Å². The molecule has 4 aromatic rings. The number of nitrogens with zero attached hydrogens (tertiary/aromatic N) is 4. The summed E-state index contributed by atoms with van der Waals surface area (Å²) in [5, 5.41) is 3.86. The summed E-state index contributed by atoms with van der Waals surface area (Å²) in [6, 6.07) is 12.8. The van der Waals surface area contributed by atoms with Crippen LogP contribution in [0.25, 0.3) is 16.9 Å². The Morgan fingerprint density at radius 1 is 1.13 bits per heavy atom. The van der Waals surface area contributed by atoms with Gasteiger partial charge in [-0.3, -0.25) is 4.79 Å². The summed E-state index contributed by atoms with van der Waals surface area (Å²) in [5.41, 5.74) is -0.436. The third kappa shape index (κ3) is 3.35. The maximum absolute atomic E-state index is 13.8. The van der Waals surface area contributed by atoms with E-state index in [0.717, 1.165) is 25.1 Å². The molecule has 0 radical (unpaired) electrons. The van der Waals surface area contributed by atoms with E-state index in [1.54, 1.807) is 47.4 Å². The first-order valence-corrected chi connectivity index (χ1v) is 9.79. The Labute approximate surface area is 174 Å². The van der Waals surface area contributed by atoms with Crippen molar-refractivity contribution in [2.75, 3.05) is 6.54 Å². The van der Waals surface area contributed by atoms with Crippen molar-refractivity contribution < 1.29 is 22.4 Å². The Bertz CT molecular complexity index is 1230. The molecule has 0 saturated carbocycles. The zero-order valence-corrected chi connectivity index (χ0v) is 16.2. The number of likely N-dealkylation sites (tertiary alicyclic amines) is 1. The van der Waals surface area contributed by atoms with Crippen LogP contribution >= 0.6 is 0 Å². The average molecular weight is 426 g/mol. The van der Waals surface area contributed by atoms with Gasteiger partial charge in [0.05, 0.1) is 24.2 Å². The molecule has 0 spiro atoms. The largest absolute Gasteiger partial charge is 0.467 e. The molecule has 31 heavy (non-hydrogen) atoms. The number of hydrogen-bond acceptors (Lipinski definition) is 4. The van der Waals surface area contributed by atoms with Crippen molar-refractivity contribution in [3.8, 4) is 11.3 Å². The molecule has 9 heteroatoms. The minimum Gasteiger partial charge on any atom is -0.467 e. The Morgan fingerprint density at radius 3 is 2.65 bits per heavy atom. The first-order valence-electron chi connectivity index (χ1n) is 9.79. The number of carbonyl (C=O) groups is 1. The van der Waals surface area contributed by atoms with E-state index in [1.165, 1.54) is 6.26 Å². The fourth-order valence-corrected chi connectivity index (χ4v) is 4.01. The molecule has 3 aromatic heterocycles. The molecule has 1 amide bonds. The zero-order valence-electron chi connectivity index (χ0n) is 16.2. The van der Waals surface area contributed by atoms with Gasteiger partial charge >= 0.3 is 6.18 Å². The molecule has 0 N–H and O–H groups in total. The highest BCUT2D eigenvalue weighted by molar-refractivity contribution is 6.00. The van der Waals surface area contributed by atoms with Crippen molar-refractivity contribution in [1.29, 1.82) is 0 Å². The van der Waals surface area contributed by atoms with Gasteiger partial charge in [-0.25, -0.2) is 9.50 Å². The number of furan rings is 1. The summed E-state index contributed by atoms with van der Waals surface area (Å²) >= 11 is 0. The second-order valence-electron chi connectivity index (χ2n) is 7.36. The number of carbonyl (C=O) groups excluding carboxylic acids is 1. The molecule has 4 heterocycles. The van der Waals surface area contributed by atoms with Gasteiger partial charge in [-0.1, -0.05) is 30.3 Å². The first-order chi connectivity index (χ1) is 14.9. The Hall–Kier alpha value is -3.62. The highest BCUT2D eigenvalue weighted by atomic mass is 19.4. The van der Waals surface area contributed by atoms with E-state index in [9.17, 15) is 18.0 Å². The molecule has 0 aliphatic carbocycles. The number of rotatable bonds is 3. The summed E-state index contributed by atoms with van der Waals surface area (Å²) in [6.07, 6.45) is -0.482. The Kier molecular flexibility index (Phi) is 4.53. The lowest BCUT2D eigenvalue weighted by Gasteiger charge is -2.22. The maximum atomic E-state index is 13.8. The van der Waals surface area contributed by atoms with Gasteiger partial charge in [0.25, 0.3) is 5.91 Å². The molecule has 1 fully saturated rings. The van der Waals surface area contributed by atoms with Crippen molar-refractivity contribution >= 4 is 11.6 Å². The fraction of sp³-hybridized carbons (Fsp3) is 0.227. The molecule has 0 unspecified atom stereocenters. The van der Waals surface area contributed by atoms with Crippen LogP contribution in [0, 0.1) is 0 Å². The minimum atomic E-state index is -4.67. The van der Waals surface area contributed by atoms with Crippen LogP contribution in [-0.2, 0) is 6.18 Å². The Morgan fingerprint density at radius 2 is 1.94 bits per heavy atom. The summed E-state index contributed by atoms with van der Waals surface area (Å²) < 4.78 is 47.5. The summed E-state index contributed by atoms with van der Waals surface area (Å²) in [5.74, 6) is 0.232. The second kappa shape index (κ2) is 7.26. The van der Waals surface area contributed by atoms with E-state index in [1.807, 2.05) is 0 Å². The summed E-state index contributed by atoms with van der Waals surface area (Å²) in [7, 11) is 0. The first kappa shape index (κ1) is 19.3. The van der Waals surface area contributed by atoms with Gasteiger partial charge in [0.1, 0.15) is 11.3 Å². The number of hydrogen-bond donors (Lipinski definition) is 0. The van der Waals surface area contributed by atoms with Gasteiger partial charge in [-0.15, -0.1) is 0 Å². The van der Waals surface area contributed by atoms with Crippen LogP contribution in [0.4, 0.5) is 13.2 Å². The van der Waals surface area contributed by atoms with Gasteiger partial charge < -0.3 is 9.32 Å². The van der Waals surface area contributed by atoms with E-state index in [-0.39, 0.29) is 22.9 Å². The summed E-state index contributed by atoms with van der Waals surface area (Å²) in [6.45, 7) is 0.478. The average Bonchev–Trinajstić information content (AvgIpc) is 3.52. The van der Waals surface area contributed by atoms with Crippen LogP contribution in [0.5, 0.6) is 0 Å². The SMILES string of the molecule is O=C(c1cnn2c(C(F)(F)F)cc(-c3ccccc3)nc12)N1CCC[C@@H]1c1ccco1. The predicted octanol–water partition coefficient (Wildman–Crippen LogP) is 4.99. The van der Waals surface area contributed by atoms with Gasteiger partial charge in [-0.05, 0) is 31.0 Å². The van der Waals surface area contributed by atoms with Gasteiger partial charge in [0, 0.05) is 12.1 Å². The van der Waals surface area contributed by atoms with Gasteiger partial charge in [0.15, 0.2) is 11.3 Å². The molecule has 6 nitrogen and oxygen atoms in total. The van der Waals surface area contributed by atoms with Crippen molar-refractivity contribution in [2.45, 2.75) is 25.1 Å². The highest BCUT2D eigenvalue weighted by Gasteiger charge is 2.38. The maximum Gasteiger partial charge on any atom is 0.433 e. The van der Waals surface area contributed by atoms with Crippen LogP contribution < -0.4 is 0 Å². The lowest BCUT2D eigenvalue weighted by molar-refractivity contribution is -0.142. The van der Waals surface area contributed by atoms with Crippen LogP contribution in [0.15, 0.2) is 65.4 Å². The third-order valence-corrected chi connectivity index (χ3v) is 5.45. The number of benzene rings is 1. The van der Waals surface area contributed by atoms with Crippen molar-refractivity contribution in [2.24, 2.45) is 0 Å². The standard InChI is InChI=1S/C22H17F3N4O2/c23-22(24,25)19-12-16(14-6-2-1-3-7-14)27-20-15(13-26-29(19)20)21(30)28-10-4-8-17(28)18-9-5-11-31-18/h1-3,5-7,9,11-13,17H,4,8,10H2/t17-/m1/s1. The van der Waals surface area contributed by atoms with Crippen molar-refractivity contribution in [3.05, 3.63) is 78.0 Å². The second-order valence-corrected chi connectivity index (χ2v) is 7.36. The minimum absolute atomic E-state index is 0.0294. The van der Waals surface area contributed by atoms with E-state index < -0.39 is 17.8 Å². The van der Waals surface area contributed by atoms with E-state index in [2.05, 4.69) is 10.1 Å². The van der Waals surface area contributed by atoms with Crippen LogP contribution in [-0.4, -0.2) is 31.9 Å². The normalized spacial score (nSPS) is 16.9. The van der Waals surface area contributed by atoms with Crippen molar-refractivity contribution in [1.82, 2.24) is 19.5 Å². The van der Waals surface area contributed by atoms with Crippen LogP contribution in [0.2, 0.25) is 0 Å². The number of amides is 1. The number of halogens is 3. The number of aromatic nitrogens is 3. The summed E-state index contributed by atoms with van der Waals surface area (Å²) in [4.78, 5) is 19.3. The molecule has 1 aromatic carbocycles. The number of fused-ring (bicyclic) bond motifs is 1. The molecule has 0 bridgehead atoms. The van der Waals surface area contributed by atoms with Gasteiger partial charge in [-0.2, -0.15) is 18.3 Å². The highest BCUT2D eigenvalue weighted by Crippen LogP contribution is 2.36. The molecular weight excluding hydrogens is 409 g/mol. The number of alkyl halides is 3. The topological polar surface area (TPSA) is 63.6 Å². The zero-order chi connectivity index (χ0) is 21.6. The third-order valence-electron chi connectivity index (χ3n) is 5.45. The molecule has 1 saturated heterocycles. The molecule has 1 atom stereocenters. The molecule has 1 aliphatic heterocycles. The monoisotopic (exact) mass is 426 g/mol. The van der Waals surface area contributed by atoms with Crippen LogP contribution in [0.3, 0.4) is 0 Å². The quantitative estimate of drug-likeness (QED) is 0.463. The fourth-order valence-electron chi connectivity index (χ4n) is 4.01. The molecular formula is C22H17F3N4O2. The molecule has 1 aliphatic rings. The van der Waals surface area contributed by atoms with E-state index in [4.69, 9.17) is 4.42 Å². The van der Waals surface area contributed by atoms with Crippen molar-refractivity contribution in [3.63, 3.8) is 0 Å². The van der Waals surface area contributed by atoms with E-state index >= 15 is 0 Å². The molecule has 158 valence electrons. The lowest BCUT2D eigenvalue weighted by Crippen LogP contribution is -2.30. The van der Waals surface area contributed by atoms with E-state index in [0.29, 0.717) is 22.4 Å². The smallest absolute Gasteiger partial charge is 0.433 e. The lowest BCUT2D eigenvalue weighted by atomic mass is 10.1. The molecule has 5 rings (SSSR count). The predicted molar refractivity (Wildman–Crippen MR) is 105 cm³/mol.